The number of hydrogen-bond acceptors (Lipinski definition) is 4. The smallest absolute Gasteiger partial charge is 0.254 e. The predicted molar refractivity (Wildman–Crippen MR) is 72.9 cm³/mol. The van der Waals surface area contributed by atoms with Crippen molar-refractivity contribution >= 4 is 5.91 Å². The summed E-state index contributed by atoms with van der Waals surface area (Å²) in [5.41, 5.74) is 1.34. The van der Waals surface area contributed by atoms with E-state index in [-0.39, 0.29) is 5.91 Å². The summed E-state index contributed by atoms with van der Waals surface area (Å²) in [6.07, 6.45) is 11.4. The molecule has 3 rings (SSSR count). The third-order valence-corrected chi connectivity index (χ3v) is 3.62. The Morgan fingerprint density at radius 3 is 2.80 bits per heavy atom. The Labute approximate surface area is 117 Å². The van der Waals surface area contributed by atoms with Crippen molar-refractivity contribution in [2.45, 2.75) is 38.3 Å². The van der Waals surface area contributed by atoms with E-state index in [9.17, 15) is 4.79 Å². The highest BCUT2D eigenvalue weighted by molar-refractivity contribution is 5.93. The summed E-state index contributed by atoms with van der Waals surface area (Å²) < 4.78 is 2.03. The SMILES string of the molecule is O=C(NCc1ccn(C2CCCC2)n1)c1cncnc1. The van der Waals surface area contributed by atoms with Crippen LogP contribution in [0.1, 0.15) is 47.8 Å². The highest BCUT2D eigenvalue weighted by atomic mass is 16.1. The van der Waals surface area contributed by atoms with Gasteiger partial charge in [0.25, 0.3) is 5.91 Å². The van der Waals surface area contributed by atoms with Crippen molar-refractivity contribution < 1.29 is 4.79 Å². The highest BCUT2D eigenvalue weighted by Gasteiger charge is 2.17. The molecule has 0 aliphatic heterocycles. The molecule has 1 aliphatic rings. The first-order valence-corrected chi connectivity index (χ1v) is 6.90. The average molecular weight is 271 g/mol. The number of nitrogens with one attached hydrogen (secondary N) is 1. The summed E-state index contributed by atoms with van der Waals surface area (Å²) in [4.78, 5) is 19.5. The molecule has 1 N–H and O–H groups in total. The number of nitrogens with zero attached hydrogens (tertiary/aromatic N) is 4. The minimum atomic E-state index is -0.180. The first kappa shape index (κ1) is 12.8. The highest BCUT2D eigenvalue weighted by Crippen LogP contribution is 2.28. The maximum atomic E-state index is 11.9. The van der Waals surface area contributed by atoms with Gasteiger partial charge in [0.15, 0.2) is 0 Å². The largest absolute Gasteiger partial charge is 0.346 e. The third-order valence-electron chi connectivity index (χ3n) is 3.62. The van der Waals surface area contributed by atoms with E-state index in [0.29, 0.717) is 18.2 Å². The summed E-state index contributed by atoms with van der Waals surface area (Å²) in [6, 6.07) is 2.49. The van der Waals surface area contributed by atoms with Crippen LogP contribution in [-0.4, -0.2) is 25.7 Å². The van der Waals surface area contributed by atoms with E-state index in [1.165, 1.54) is 44.4 Å². The second kappa shape index (κ2) is 5.81. The molecule has 2 aromatic heterocycles. The second-order valence-corrected chi connectivity index (χ2v) is 5.04. The van der Waals surface area contributed by atoms with E-state index >= 15 is 0 Å². The van der Waals surface area contributed by atoms with Crippen molar-refractivity contribution in [1.29, 1.82) is 0 Å². The third kappa shape index (κ3) is 2.84. The van der Waals surface area contributed by atoms with Gasteiger partial charge >= 0.3 is 0 Å². The number of amides is 1. The first-order chi connectivity index (χ1) is 9.83. The van der Waals surface area contributed by atoms with Crippen LogP contribution in [0.2, 0.25) is 0 Å². The van der Waals surface area contributed by atoms with Crippen LogP contribution in [0.3, 0.4) is 0 Å². The van der Waals surface area contributed by atoms with Gasteiger partial charge in [-0.3, -0.25) is 9.48 Å². The molecule has 104 valence electrons. The van der Waals surface area contributed by atoms with Crippen molar-refractivity contribution in [2.24, 2.45) is 0 Å². The Morgan fingerprint density at radius 1 is 1.30 bits per heavy atom. The van der Waals surface area contributed by atoms with Crippen LogP contribution in [-0.2, 0) is 6.54 Å². The minimum Gasteiger partial charge on any atom is -0.346 e. The molecule has 0 spiro atoms. The zero-order valence-corrected chi connectivity index (χ0v) is 11.2. The lowest BCUT2D eigenvalue weighted by atomic mass is 10.3. The molecule has 1 saturated carbocycles. The molecule has 1 fully saturated rings. The molecule has 2 aromatic rings. The Kier molecular flexibility index (Phi) is 3.71. The molecule has 2 heterocycles. The molecule has 0 saturated heterocycles. The van der Waals surface area contributed by atoms with Gasteiger partial charge < -0.3 is 5.32 Å². The van der Waals surface area contributed by atoms with Gasteiger partial charge in [0.2, 0.25) is 0 Å². The van der Waals surface area contributed by atoms with Gasteiger partial charge in [-0.05, 0) is 18.9 Å². The van der Waals surface area contributed by atoms with Crippen molar-refractivity contribution in [3.8, 4) is 0 Å². The van der Waals surface area contributed by atoms with Gasteiger partial charge in [-0.2, -0.15) is 5.10 Å². The van der Waals surface area contributed by atoms with Crippen molar-refractivity contribution in [3.63, 3.8) is 0 Å². The number of hydrogen-bond donors (Lipinski definition) is 1. The van der Waals surface area contributed by atoms with Gasteiger partial charge in [-0.15, -0.1) is 0 Å². The van der Waals surface area contributed by atoms with E-state index < -0.39 is 0 Å². The van der Waals surface area contributed by atoms with E-state index in [4.69, 9.17) is 0 Å². The topological polar surface area (TPSA) is 72.7 Å². The fourth-order valence-electron chi connectivity index (χ4n) is 2.53. The van der Waals surface area contributed by atoms with Gasteiger partial charge in [-0.25, -0.2) is 9.97 Å². The van der Waals surface area contributed by atoms with Crippen LogP contribution < -0.4 is 5.32 Å². The van der Waals surface area contributed by atoms with Crippen LogP contribution in [0.25, 0.3) is 0 Å². The van der Waals surface area contributed by atoms with Gasteiger partial charge in [-0.1, -0.05) is 12.8 Å². The van der Waals surface area contributed by atoms with E-state index in [0.717, 1.165) is 5.69 Å². The summed E-state index contributed by atoms with van der Waals surface area (Å²) in [5, 5.41) is 7.35. The zero-order chi connectivity index (χ0) is 13.8. The van der Waals surface area contributed by atoms with Crippen LogP contribution in [0.15, 0.2) is 31.0 Å². The Morgan fingerprint density at radius 2 is 2.05 bits per heavy atom. The van der Waals surface area contributed by atoms with Gasteiger partial charge in [0.1, 0.15) is 6.33 Å². The fraction of sp³-hybridized carbons (Fsp3) is 0.429. The quantitative estimate of drug-likeness (QED) is 0.919. The Balaban J connectivity index is 1.57. The lowest BCUT2D eigenvalue weighted by molar-refractivity contribution is 0.0949. The van der Waals surface area contributed by atoms with Crippen LogP contribution in [0, 0.1) is 0 Å². The molecule has 0 radical (unpaired) electrons. The lowest BCUT2D eigenvalue weighted by Gasteiger charge is -2.09. The molecule has 20 heavy (non-hydrogen) atoms. The average Bonchev–Trinajstić information content (AvgIpc) is 3.16. The molecule has 0 aromatic carbocycles. The number of carbonyl (C=O) groups excluding carboxylic acids is 1. The number of rotatable bonds is 4. The fourth-order valence-corrected chi connectivity index (χ4v) is 2.53. The monoisotopic (exact) mass is 271 g/mol. The molecule has 1 aliphatic carbocycles. The van der Waals surface area contributed by atoms with E-state index in [1.807, 2.05) is 16.9 Å². The molecule has 0 bridgehead atoms. The number of carbonyl (C=O) groups is 1. The van der Waals surface area contributed by atoms with E-state index in [1.54, 1.807) is 0 Å². The summed E-state index contributed by atoms with van der Waals surface area (Å²) in [5.74, 6) is -0.180. The standard InChI is InChI=1S/C14H17N5O/c20-14(11-7-15-10-16-8-11)17-9-12-5-6-19(18-12)13-3-1-2-4-13/h5-8,10,13H,1-4,9H2,(H,17,20). The molecule has 6 heteroatoms. The van der Waals surface area contributed by atoms with Crippen molar-refractivity contribution in [1.82, 2.24) is 25.1 Å². The zero-order valence-electron chi connectivity index (χ0n) is 11.2. The maximum absolute atomic E-state index is 11.9. The van der Waals surface area contributed by atoms with Gasteiger partial charge in [0, 0.05) is 18.6 Å². The summed E-state index contributed by atoms with van der Waals surface area (Å²) in [6.45, 7) is 0.424. The molecular weight excluding hydrogens is 254 g/mol. The van der Waals surface area contributed by atoms with Crippen LogP contribution in [0.4, 0.5) is 0 Å². The normalized spacial score (nSPS) is 15.4. The minimum absolute atomic E-state index is 0.180. The Bertz CT molecular complexity index is 574. The number of aromatic nitrogens is 4. The lowest BCUT2D eigenvalue weighted by Crippen LogP contribution is -2.23. The molecule has 6 nitrogen and oxygen atoms in total. The first-order valence-electron chi connectivity index (χ1n) is 6.90. The predicted octanol–water partition coefficient (Wildman–Crippen LogP) is 1.72. The molecule has 1 amide bonds. The van der Waals surface area contributed by atoms with Crippen LogP contribution in [0.5, 0.6) is 0 Å². The summed E-state index contributed by atoms with van der Waals surface area (Å²) >= 11 is 0. The molecular formula is C14H17N5O. The second-order valence-electron chi connectivity index (χ2n) is 5.04. The van der Waals surface area contributed by atoms with Crippen molar-refractivity contribution in [3.05, 3.63) is 42.2 Å². The van der Waals surface area contributed by atoms with E-state index in [2.05, 4.69) is 20.4 Å². The van der Waals surface area contributed by atoms with Crippen LogP contribution >= 0.6 is 0 Å². The van der Waals surface area contributed by atoms with Gasteiger partial charge in [0.05, 0.1) is 23.8 Å². The summed E-state index contributed by atoms with van der Waals surface area (Å²) in [7, 11) is 0. The molecule has 0 atom stereocenters. The maximum Gasteiger partial charge on any atom is 0.254 e. The molecule has 0 unspecified atom stereocenters. The Hall–Kier alpha value is -2.24. The van der Waals surface area contributed by atoms with Crippen molar-refractivity contribution in [2.75, 3.05) is 0 Å².